The molecule has 0 saturated carbocycles. The highest BCUT2D eigenvalue weighted by Gasteiger charge is 2.23. The summed E-state index contributed by atoms with van der Waals surface area (Å²) in [5, 5.41) is 15.5. The van der Waals surface area contributed by atoms with E-state index in [1.54, 1.807) is 20.8 Å². The lowest BCUT2D eigenvalue weighted by atomic mass is 10.3. The van der Waals surface area contributed by atoms with E-state index in [-0.39, 0.29) is 22.4 Å². The van der Waals surface area contributed by atoms with Crippen LogP contribution in [0.25, 0.3) is 0 Å². The Morgan fingerprint density at radius 3 is 2.52 bits per heavy atom. The number of hydrogen-bond acceptors (Lipinski definition) is 4. The number of aromatic carboxylic acids is 1. The number of hydrogen-bond donors (Lipinski definition) is 3. The van der Waals surface area contributed by atoms with E-state index in [4.69, 9.17) is 5.11 Å². The lowest BCUT2D eigenvalue weighted by Crippen LogP contribution is -2.12. The monoisotopic (exact) mass is 312 g/mol. The number of aromatic amines is 1. The molecule has 0 aliphatic heterocycles. The number of carbonyl (C=O) groups is 1. The zero-order chi connectivity index (χ0) is 15.8. The van der Waals surface area contributed by atoms with Gasteiger partial charge in [0.05, 0.1) is 0 Å². The first-order valence-corrected chi connectivity index (χ1v) is 7.69. The van der Waals surface area contributed by atoms with Gasteiger partial charge >= 0.3 is 5.97 Å². The minimum Gasteiger partial charge on any atom is -0.477 e. The molecule has 2 aromatic heterocycles. The molecule has 114 valence electrons. The molecule has 0 saturated heterocycles. The zero-order valence-corrected chi connectivity index (χ0v) is 12.6. The predicted octanol–water partition coefficient (Wildman–Crippen LogP) is 1.60. The van der Waals surface area contributed by atoms with Crippen LogP contribution in [0.15, 0.2) is 23.2 Å². The first kappa shape index (κ1) is 15.1. The molecule has 2 heterocycles. The molecule has 9 heteroatoms. The molecule has 0 bridgehead atoms. The average Bonchev–Trinajstić information content (AvgIpc) is 2.95. The first-order valence-electron chi connectivity index (χ1n) is 6.20. The Hall–Kier alpha value is -2.29. The maximum Gasteiger partial charge on any atom is 0.352 e. The molecule has 3 N–H and O–H groups in total. The van der Waals surface area contributed by atoms with Crippen LogP contribution in [0.4, 0.5) is 5.82 Å². The number of H-pyrrole nitrogens is 1. The molecule has 2 rings (SSSR count). The predicted molar refractivity (Wildman–Crippen MR) is 75.9 cm³/mol. The molecule has 0 atom stereocenters. The highest BCUT2D eigenvalue weighted by atomic mass is 32.2. The Kier molecular flexibility index (Phi) is 3.77. The van der Waals surface area contributed by atoms with Crippen molar-refractivity contribution in [2.75, 3.05) is 4.72 Å². The molecule has 8 nitrogen and oxygen atoms in total. The van der Waals surface area contributed by atoms with Gasteiger partial charge in [0, 0.05) is 24.0 Å². The van der Waals surface area contributed by atoms with Gasteiger partial charge in [0.25, 0.3) is 10.0 Å². The Bertz CT molecular complexity index is 773. The van der Waals surface area contributed by atoms with Gasteiger partial charge in [-0.15, -0.1) is 0 Å². The van der Waals surface area contributed by atoms with Crippen molar-refractivity contribution in [1.82, 2.24) is 14.8 Å². The molecule has 21 heavy (non-hydrogen) atoms. The summed E-state index contributed by atoms with van der Waals surface area (Å²) in [7, 11) is -3.89. The fourth-order valence-corrected chi connectivity index (χ4v) is 2.88. The van der Waals surface area contributed by atoms with Crippen LogP contribution in [0.1, 0.15) is 36.1 Å². The van der Waals surface area contributed by atoms with Crippen LogP contribution in [0.5, 0.6) is 0 Å². The minimum absolute atomic E-state index is 0.0800. The highest BCUT2D eigenvalue weighted by molar-refractivity contribution is 7.92. The minimum atomic E-state index is -3.89. The third kappa shape index (κ3) is 3.07. The van der Waals surface area contributed by atoms with Crippen LogP contribution in [0.3, 0.4) is 0 Å². The van der Waals surface area contributed by atoms with E-state index < -0.39 is 16.0 Å². The van der Waals surface area contributed by atoms with Crippen molar-refractivity contribution < 1.29 is 18.3 Å². The van der Waals surface area contributed by atoms with E-state index >= 15 is 0 Å². The van der Waals surface area contributed by atoms with Crippen LogP contribution >= 0.6 is 0 Å². The van der Waals surface area contributed by atoms with Gasteiger partial charge in [0.15, 0.2) is 5.82 Å². The number of carboxylic acids is 1. The molecule has 0 radical (unpaired) electrons. The van der Waals surface area contributed by atoms with Gasteiger partial charge in [-0.25, -0.2) is 13.2 Å². The van der Waals surface area contributed by atoms with Crippen LogP contribution in [0, 0.1) is 6.92 Å². The summed E-state index contributed by atoms with van der Waals surface area (Å²) >= 11 is 0. The van der Waals surface area contributed by atoms with Crippen molar-refractivity contribution in [3.8, 4) is 0 Å². The normalized spacial score (nSPS) is 11.8. The Morgan fingerprint density at radius 2 is 2.10 bits per heavy atom. The second kappa shape index (κ2) is 5.24. The number of aryl methyl sites for hydroxylation is 1. The van der Waals surface area contributed by atoms with Crippen molar-refractivity contribution in [2.45, 2.75) is 31.7 Å². The van der Waals surface area contributed by atoms with Gasteiger partial charge in [-0.2, -0.15) is 5.10 Å². The summed E-state index contributed by atoms with van der Waals surface area (Å²) in [6.45, 7) is 5.28. The number of carboxylic acid groups (broad SMARTS) is 1. The van der Waals surface area contributed by atoms with Gasteiger partial charge in [-0.3, -0.25) is 9.82 Å². The molecule has 0 aliphatic rings. The SMILES string of the molecule is Cc1cc(NS(=O)(=O)c2cc(C(=O)O)n(C(C)C)c2)n[nH]1. The number of nitrogens with one attached hydrogen (secondary N) is 2. The molecule has 0 fully saturated rings. The summed E-state index contributed by atoms with van der Waals surface area (Å²) < 4.78 is 28.2. The molecule has 0 aromatic carbocycles. The van der Waals surface area contributed by atoms with E-state index in [0.717, 1.165) is 6.07 Å². The summed E-state index contributed by atoms with van der Waals surface area (Å²) in [5.41, 5.74) is 0.627. The zero-order valence-electron chi connectivity index (χ0n) is 11.8. The smallest absolute Gasteiger partial charge is 0.352 e. The summed E-state index contributed by atoms with van der Waals surface area (Å²) in [4.78, 5) is 11.1. The first-order chi connectivity index (χ1) is 9.70. The molecule has 0 amide bonds. The molecule has 0 unspecified atom stereocenters. The third-order valence-electron chi connectivity index (χ3n) is 2.85. The standard InChI is InChI=1S/C12H16N4O4S/c1-7(2)16-6-9(5-10(16)12(17)18)21(19,20)15-11-4-8(3)13-14-11/h4-7H,1-3H3,(H,17,18)(H2,13,14,15). The van der Waals surface area contributed by atoms with E-state index in [1.807, 2.05) is 0 Å². The van der Waals surface area contributed by atoms with Crippen molar-refractivity contribution >= 4 is 21.8 Å². The van der Waals surface area contributed by atoms with Crippen molar-refractivity contribution in [2.24, 2.45) is 0 Å². The number of nitrogens with zero attached hydrogens (tertiary/aromatic N) is 2. The second-order valence-corrected chi connectivity index (χ2v) is 6.59. The fourth-order valence-electron chi connectivity index (χ4n) is 1.87. The van der Waals surface area contributed by atoms with E-state index in [1.165, 1.54) is 16.8 Å². The van der Waals surface area contributed by atoms with Crippen molar-refractivity contribution in [3.63, 3.8) is 0 Å². The van der Waals surface area contributed by atoms with Crippen LogP contribution in [-0.4, -0.2) is 34.3 Å². The molecular formula is C12H16N4O4S. The van der Waals surface area contributed by atoms with Crippen LogP contribution in [0.2, 0.25) is 0 Å². The maximum atomic E-state index is 12.3. The summed E-state index contributed by atoms with van der Waals surface area (Å²) in [6, 6.07) is 2.49. The highest BCUT2D eigenvalue weighted by Crippen LogP contribution is 2.21. The number of sulfonamides is 1. The van der Waals surface area contributed by atoms with Gasteiger partial charge in [-0.05, 0) is 26.8 Å². The third-order valence-corrected chi connectivity index (χ3v) is 4.18. The fraction of sp³-hybridized carbons (Fsp3) is 0.333. The lowest BCUT2D eigenvalue weighted by Gasteiger charge is -2.09. The molecule has 2 aromatic rings. The maximum absolute atomic E-state index is 12.3. The van der Waals surface area contributed by atoms with Crippen molar-refractivity contribution in [1.29, 1.82) is 0 Å². The summed E-state index contributed by atoms with van der Waals surface area (Å²) in [5.74, 6) is -1.03. The van der Waals surface area contributed by atoms with Crippen LogP contribution in [-0.2, 0) is 10.0 Å². The Balaban J connectivity index is 2.40. The molecule has 0 aliphatic carbocycles. The van der Waals surface area contributed by atoms with E-state index in [9.17, 15) is 13.2 Å². The lowest BCUT2D eigenvalue weighted by molar-refractivity contribution is 0.0683. The second-order valence-electron chi connectivity index (χ2n) is 4.91. The van der Waals surface area contributed by atoms with Gasteiger partial charge in [0.1, 0.15) is 10.6 Å². The van der Waals surface area contributed by atoms with Gasteiger partial charge < -0.3 is 9.67 Å². The average molecular weight is 312 g/mol. The number of aromatic nitrogens is 3. The number of rotatable bonds is 5. The van der Waals surface area contributed by atoms with Gasteiger partial charge in [0.2, 0.25) is 0 Å². The van der Waals surface area contributed by atoms with E-state index in [0.29, 0.717) is 5.69 Å². The van der Waals surface area contributed by atoms with Crippen LogP contribution < -0.4 is 4.72 Å². The number of anilines is 1. The Morgan fingerprint density at radius 1 is 1.43 bits per heavy atom. The molecule has 0 spiro atoms. The summed E-state index contributed by atoms with van der Waals surface area (Å²) in [6.07, 6.45) is 1.30. The Labute approximate surface area is 121 Å². The van der Waals surface area contributed by atoms with E-state index in [2.05, 4.69) is 14.9 Å². The van der Waals surface area contributed by atoms with Crippen molar-refractivity contribution in [3.05, 3.63) is 29.7 Å². The molecular weight excluding hydrogens is 296 g/mol. The largest absolute Gasteiger partial charge is 0.477 e. The quantitative estimate of drug-likeness (QED) is 0.775. The topological polar surface area (TPSA) is 117 Å². The van der Waals surface area contributed by atoms with Gasteiger partial charge in [-0.1, -0.05) is 0 Å².